The van der Waals surface area contributed by atoms with Gasteiger partial charge in [0.25, 0.3) is 5.97 Å². The number of hydrogen-bond acceptors (Lipinski definition) is 4. The fraction of sp³-hybridized carbons (Fsp3) is 0.464. The van der Waals surface area contributed by atoms with Crippen LogP contribution >= 0.6 is 23.2 Å². The maximum atomic E-state index is 12.9. The Morgan fingerprint density at radius 1 is 1.03 bits per heavy atom. The largest absolute Gasteiger partial charge is 0.481 e. The van der Waals surface area contributed by atoms with Crippen molar-refractivity contribution in [2.24, 2.45) is 5.92 Å². The molecule has 1 amide bonds. The lowest BCUT2D eigenvalue weighted by Gasteiger charge is -2.42. The molecule has 3 rings (SSSR count). The first kappa shape index (κ1) is 31.5. The van der Waals surface area contributed by atoms with Crippen LogP contribution in [0.5, 0.6) is 0 Å². The standard InChI is InChI=1S/C20H28ClNO3.C6H5Cl.C2H4O2/c1-4-6-13-25-20(24)17(5-2)22-18(12-7-14(3)19(22)23)15-8-10-16(21)11-9-15;7-6-4-2-1-3-5-6;1-2(3)4/h8-11,14,17-18H,4-7,12-13H2,1-3H3;1-5H;1H3,(H,3,4)/t14?,17?,18-;;/m0../s1. The van der Waals surface area contributed by atoms with Gasteiger partial charge in [-0.05, 0) is 55.5 Å². The van der Waals surface area contributed by atoms with Gasteiger partial charge in [0, 0.05) is 22.9 Å². The Morgan fingerprint density at radius 2 is 1.58 bits per heavy atom. The minimum atomic E-state index is -0.833. The second kappa shape index (κ2) is 17.0. The van der Waals surface area contributed by atoms with Gasteiger partial charge in [0.2, 0.25) is 5.91 Å². The summed E-state index contributed by atoms with van der Waals surface area (Å²) in [5, 5.41) is 8.87. The van der Waals surface area contributed by atoms with E-state index in [0.717, 1.165) is 43.2 Å². The molecule has 198 valence electrons. The highest BCUT2D eigenvalue weighted by Crippen LogP contribution is 2.37. The number of piperidine rings is 1. The number of likely N-dealkylation sites (tertiary alicyclic amines) is 1. The molecule has 1 fully saturated rings. The molecule has 2 unspecified atom stereocenters. The van der Waals surface area contributed by atoms with E-state index in [0.29, 0.717) is 18.1 Å². The monoisotopic (exact) mass is 537 g/mol. The second-order valence-electron chi connectivity index (χ2n) is 8.55. The Balaban J connectivity index is 0.000000486. The molecule has 1 aliphatic heterocycles. The fourth-order valence-corrected chi connectivity index (χ4v) is 4.04. The number of carboxylic acids is 1. The number of benzene rings is 2. The van der Waals surface area contributed by atoms with Crippen molar-refractivity contribution in [3.63, 3.8) is 0 Å². The van der Waals surface area contributed by atoms with Gasteiger partial charge in [0.15, 0.2) is 0 Å². The predicted molar refractivity (Wildman–Crippen MR) is 144 cm³/mol. The topological polar surface area (TPSA) is 83.9 Å². The molecule has 1 heterocycles. The number of carboxylic acid groups (broad SMARTS) is 1. The molecule has 0 radical (unpaired) electrons. The lowest BCUT2D eigenvalue weighted by molar-refractivity contribution is -0.161. The Labute approximate surface area is 224 Å². The first-order valence-corrected chi connectivity index (χ1v) is 13.0. The van der Waals surface area contributed by atoms with E-state index < -0.39 is 12.0 Å². The van der Waals surface area contributed by atoms with Crippen LogP contribution in [-0.2, 0) is 19.1 Å². The van der Waals surface area contributed by atoms with Gasteiger partial charge in [0.05, 0.1) is 12.6 Å². The van der Waals surface area contributed by atoms with Crippen molar-refractivity contribution in [2.75, 3.05) is 6.61 Å². The summed E-state index contributed by atoms with van der Waals surface area (Å²) in [6.45, 7) is 7.41. The third kappa shape index (κ3) is 11.0. The number of amides is 1. The summed E-state index contributed by atoms with van der Waals surface area (Å²) in [7, 11) is 0. The summed E-state index contributed by atoms with van der Waals surface area (Å²) in [6.07, 6.45) is 4.02. The number of esters is 1. The molecule has 0 saturated carbocycles. The van der Waals surface area contributed by atoms with Crippen LogP contribution in [0.4, 0.5) is 0 Å². The molecule has 1 aliphatic rings. The van der Waals surface area contributed by atoms with Gasteiger partial charge < -0.3 is 14.7 Å². The molecule has 6 nitrogen and oxygen atoms in total. The minimum absolute atomic E-state index is 0.0329. The molecule has 0 spiro atoms. The molecule has 0 aromatic heterocycles. The Bertz CT molecular complexity index is 933. The van der Waals surface area contributed by atoms with Crippen molar-refractivity contribution in [3.8, 4) is 0 Å². The van der Waals surface area contributed by atoms with Gasteiger partial charge >= 0.3 is 5.97 Å². The van der Waals surface area contributed by atoms with Crippen LogP contribution in [0.2, 0.25) is 10.0 Å². The van der Waals surface area contributed by atoms with E-state index in [1.54, 1.807) is 4.90 Å². The van der Waals surface area contributed by atoms with Crippen LogP contribution in [0.15, 0.2) is 54.6 Å². The molecular formula is C28H37Cl2NO5. The molecule has 2 aromatic carbocycles. The Hall–Kier alpha value is -2.57. The van der Waals surface area contributed by atoms with Crippen molar-refractivity contribution in [2.45, 2.75) is 71.9 Å². The number of hydrogen-bond donors (Lipinski definition) is 1. The van der Waals surface area contributed by atoms with E-state index in [-0.39, 0.29) is 23.8 Å². The summed E-state index contributed by atoms with van der Waals surface area (Å²) in [4.78, 5) is 36.3. The average Bonchev–Trinajstić information content (AvgIpc) is 2.84. The third-order valence-electron chi connectivity index (χ3n) is 5.61. The molecule has 0 aliphatic carbocycles. The van der Waals surface area contributed by atoms with Crippen molar-refractivity contribution in [1.82, 2.24) is 4.90 Å². The van der Waals surface area contributed by atoms with Gasteiger partial charge in [-0.15, -0.1) is 0 Å². The van der Waals surface area contributed by atoms with Crippen LogP contribution in [-0.4, -0.2) is 40.5 Å². The van der Waals surface area contributed by atoms with Gasteiger partial charge in [-0.3, -0.25) is 9.59 Å². The Kier molecular flexibility index (Phi) is 14.8. The summed E-state index contributed by atoms with van der Waals surface area (Å²) in [5.41, 5.74) is 1.02. The van der Waals surface area contributed by atoms with Crippen LogP contribution in [0.3, 0.4) is 0 Å². The van der Waals surface area contributed by atoms with E-state index >= 15 is 0 Å². The third-order valence-corrected chi connectivity index (χ3v) is 6.11. The molecule has 36 heavy (non-hydrogen) atoms. The van der Waals surface area contributed by atoms with E-state index in [9.17, 15) is 9.59 Å². The Morgan fingerprint density at radius 3 is 2.06 bits per heavy atom. The number of carbonyl (C=O) groups is 3. The number of ether oxygens (including phenoxy) is 1. The second-order valence-corrected chi connectivity index (χ2v) is 9.42. The molecule has 0 bridgehead atoms. The number of halogens is 2. The predicted octanol–water partition coefficient (Wildman–Crippen LogP) is 7.19. The molecule has 3 atom stereocenters. The first-order chi connectivity index (χ1) is 17.1. The maximum absolute atomic E-state index is 12.9. The number of carbonyl (C=O) groups excluding carboxylic acids is 2. The molecule has 8 heteroatoms. The molecule has 1 saturated heterocycles. The smallest absolute Gasteiger partial charge is 0.328 e. The fourth-order valence-electron chi connectivity index (χ4n) is 3.77. The van der Waals surface area contributed by atoms with E-state index in [1.165, 1.54) is 0 Å². The van der Waals surface area contributed by atoms with Crippen molar-refractivity contribution in [3.05, 3.63) is 70.2 Å². The lowest BCUT2D eigenvalue weighted by atomic mass is 9.87. The van der Waals surface area contributed by atoms with Crippen LogP contribution in [0, 0.1) is 5.92 Å². The van der Waals surface area contributed by atoms with E-state index in [2.05, 4.69) is 6.92 Å². The molecule has 1 N–H and O–H groups in total. The van der Waals surface area contributed by atoms with E-state index in [1.807, 2.05) is 68.4 Å². The van der Waals surface area contributed by atoms with Gasteiger partial charge in [0.1, 0.15) is 6.04 Å². The summed E-state index contributed by atoms with van der Waals surface area (Å²) >= 11 is 11.5. The van der Waals surface area contributed by atoms with Crippen LogP contribution in [0.25, 0.3) is 0 Å². The first-order valence-electron chi connectivity index (χ1n) is 12.3. The highest BCUT2D eigenvalue weighted by atomic mass is 35.5. The average molecular weight is 539 g/mol. The number of rotatable bonds is 7. The summed E-state index contributed by atoms with van der Waals surface area (Å²) in [6, 6.07) is 16.4. The minimum Gasteiger partial charge on any atom is -0.481 e. The van der Waals surface area contributed by atoms with Crippen LogP contribution < -0.4 is 0 Å². The summed E-state index contributed by atoms with van der Waals surface area (Å²) in [5.74, 6) is -1.16. The quantitative estimate of drug-likeness (QED) is 0.298. The highest BCUT2D eigenvalue weighted by molar-refractivity contribution is 6.30. The van der Waals surface area contributed by atoms with Gasteiger partial charge in [-0.2, -0.15) is 0 Å². The van der Waals surface area contributed by atoms with Gasteiger partial charge in [-0.25, -0.2) is 4.79 Å². The highest BCUT2D eigenvalue weighted by Gasteiger charge is 2.40. The SMILES string of the molecule is CC(=O)O.CCCCOC(=O)C(CC)N1C(=O)C(C)CC[C@H]1c1ccc(Cl)cc1.Clc1ccccc1. The maximum Gasteiger partial charge on any atom is 0.328 e. The molecule has 2 aromatic rings. The zero-order valence-electron chi connectivity index (χ0n) is 21.5. The van der Waals surface area contributed by atoms with Gasteiger partial charge in [-0.1, -0.05) is 80.7 Å². The van der Waals surface area contributed by atoms with E-state index in [4.69, 9.17) is 37.8 Å². The van der Waals surface area contributed by atoms with Crippen molar-refractivity contribution >= 4 is 41.0 Å². The van der Waals surface area contributed by atoms with Crippen molar-refractivity contribution in [1.29, 1.82) is 0 Å². The number of unbranched alkanes of at least 4 members (excludes halogenated alkanes) is 1. The normalized spacial score (nSPS) is 17.6. The number of aliphatic carboxylic acids is 1. The molecular weight excluding hydrogens is 501 g/mol. The van der Waals surface area contributed by atoms with Crippen LogP contribution in [0.1, 0.15) is 71.4 Å². The van der Waals surface area contributed by atoms with Crippen molar-refractivity contribution < 1.29 is 24.2 Å². The lowest BCUT2D eigenvalue weighted by Crippen LogP contribution is -2.51. The zero-order valence-corrected chi connectivity index (χ0v) is 23.0. The summed E-state index contributed by atoms with van der Waals surface area (Å²) < 4.78 is 5.42. The number of nitrogens with zero attached hydrogens (tertiary/aromatic N) is 1. The zero-order chi connectivity index (χ0) is 27.1.